The van der Waals surface area contributed by atoms with E-state index in [9.17, 15) is 0 Å². The van der Waals surface area contributed by atoms with Gasteiger partial charge in [0.2, 0.25) is 0 Å². The van der Waals surface area contributed by atoms with Crippen LogP contribution in [-0.4, -0.2) is 0 Å². The highest BCUT2D eigenvalue weighted by Crippen LogP contribution is 2.38. The summed E-state index contributed by atoms with van der Waals surface area (Å²) in [5, 5.41) is 0. The van der Waals surface area contributed by atoms with Crippen LogP contribution in [0, 0.1) is 0 Å². The molecule has 0 fully saturated rings. The highest BCUT2D eigenvalue weighted by molar-refractivity contribution is 5.82. The molecule has 6 aromatic carbocycles. The Morgan fingerprint density at radius 2 is 0.769 bits per heavy atom. The lowest BCUT2D eigenvalue weighted by Crippen LogP contribution is -2.10. The van der Waals surface area contributed by atoms with E-state index >= 15 is 0 Å². The second kappa shape index (κ2) is 11.5. The summed E-state index contributed by atoms with van der Waals surface area (Å²) in [6.07, 6.45) is 4.34. The Kier molecular flexibility index (Phi) is 7.14. The quantitative estimate of drug-likeness (QED) is 0.197. The molecule has 39 heavy (non-hydrogen) atoms. The van der Waals surface area contributed by atoms with Crippen molar-refractivity contribution in [1.82, 2.24) is 0 Å². The average Bonchev–Trinajstić information content (AvgIpc) is 3.02. The van der Waals surface area contributed by atoms with E-state index < -0.39 is 0 Å². The van der Waals surface area contributed by atoms with Gasteiger partial charge in [-0.2, -0.15) is 0 Å². The number of rotatable bonds is 7. The Morgan fingerprint density at radius 1 is 0.308 bits per heavy atom. The van der Waals surface area contributed by atoms with Gasteiger partial charge >= 0.3 is 0 Å². The molecule has 0 heterocycles. The Morgan fingerprint density at radius 3 is 1.44 bits per heavy atom. The first-order chi connectivity index (χ1) is 19.3. The molecule has 1 nitrogen and oxygen atoms in total. The zero-order valence-corrected chi connectivity index (χ0v) is 21.7. The first kappa shape index (κ1) is 24.2. The Balaban J connectivity index is 1.42. The van der Waals surface area contributed by atoms with Gasteiger partial charge in [-0.1, -0.05) is 140 Å². The second-order valence-electron chi connectivity index (χ2n) is 9.50. The molecule has 0 N–H and O–H groups in total. The lowest BCUT2D eigenvalue weighted by molar-refractivity contribution is 1.28. The molecule has 0 saturated carbocycles. The van der Waals surface area contributed by atoms with E-state index in [0.29, 0.717) is 0 Å². The molecule has 0 spiro atoms. The minimum atomic E-state index is 1.11. The van der Waals surface area contributed by atoms with Crippen LogP contribution in [0.3, 0.4) is 0 Å². The number of hydrogen-bond donors (Lipinski definition) is 0. The van der Waals surface area contributed by atoms with Crippen molar-refractivity contribution in [3.63, 3.8) is 0 Å². The van der Waals surface area contributed by atoms with Crippen molar-refractivity contribution in [3.8, 4) is 22.3 Å². The molecule has 0 aliphatic rings. The predicted molar refractivity (Wildman–Crippen MR) is 167 cm³/mol. The molecule has 0 atom stereocenters. The molecule has 0 aliphatic heterocycles. The van der Waals surface area contributed by atoms with Crippen molar-refractivity contribution in [3.05, 3.63) is 175 Å². The zero-order chi connectivity index (χ0) is 26.3. The maximum absolute atomic E-state index is 2.33. The zero-order valence-electron chi connectivity index (χ0n) is 21.7. The summed E-state index contributed by atoms with van der Waals surface area (Å²) in [6.45, 7) is 0. The van der Waals surface area contributed by atoms with Crippen LogP contribution in [-0.2, 0) is 0 Å². The van der Waals surface area contributed by atoms with Crippen LogP contribution in [0.5, 0.6) is 0 Å². The summed E-state index contributed by atoms with van der Waals surface area (Å²) in [6, 6.07) is 57.8. The molecule has 0 amide bonds. The third-order valence-corrected chi connectivity index (χ3v) is 6.84. The fourth-order valence-electron chi connectivity index (χ4n) is 4.86. The number of benzene rings is 6. The summed E-state index contributed by atoms with van der Waals surface area (Å²) in [5.74, 6) is 0. The van der Waals surface area contributed by atoms with Crippen LogP contribution in [0.25, 0.3) is 34.4 Å². The molecular formula is C38H29N. The van der Waals surface area contributed by atoms with E-state index in [0.717, 1.165) is 22.6 Å². The predicted octanol–water partition coefficient (Wildman–Crippen LogP) is 10.7. The van der Waals surface area contributed by atoms with Crippen molar-refractivity contribution < 1.29 is 0 Å². The smallest absolute Gasteiger partial charge is 0.0467 e. The van der Waals surface area contributed by atoms with Gasteiger partial charge in [0.1, 0.15) is 0 Å². The molecule has 0 aromatic heterocycles. The molecular weight excluding hydrogens is 470 g/mol. The Labute approximate surface area is 231 Å². The summed E-state index contributed by atoms with van der Waals surface area (Å²) in [7, 11) is 0. The van der Waals surface area contributed by atoms with Gasteiger partial charge < -0.3 is 4.90 Å². The molecule has 186 valence electrons. The number of hydrogen-bond acceptors (Lipinski definition) is 1. The molecule has 6 rings (SSSR count). The lowest BCUT2D eigenvalue weighted by atomic mass is 10.0. The highest BCUT2D eigenvalue weighted by Gasteiger charge is 2.14. The molecule has 0 saturated heterocycles. The maximum Gasteiger partial charge on any atom is 0.0467 e. The molecule has 1 heteroatoms. The van der Waals surface area contributed by atoms with E-state index in [-0.39, 0.29) is 0 Å². The van der Waals surface area contributed by atoms with Crippen molar-refractivity contribution in [2.24, 2.45) is 0 Å². The molecule has 0 aliphatic carbocycles. The summed E-state index contributed by atoms with van der Waals surface area (Å²) in [4.78, 5) is 2.33. The van der Waals surface area contributed by atoms with Crippen LogP contribution in [0.2, 0.25) is 0 Å². The molecule has 0 radical (unpaired) electrons. The van der Waals surface area contributed by atoms with Gasteiger partial charge in [-0.15, -0.1) is 0 Å². The van der Waals surface area contributed by atoms with Gasteiger partial charge in [-0.25, -0.2) is 0 Å². The number of anilines is 3. The van der Waals surface area contributed by atoms with Gasteiger partial charge in [0, 0.05) is 17.1 Å². The third-order valence-electron chi connectivity index (χ3n) is 6.84. The largest absolute Gasteiger partial charge is 0.310 e. The Bertz CT molecular complexity index is 1670. The van der Waals surface area contributed by atoms with E-state index in [2.05, 4.69) is 175 Å². The van der Waals surface area contributed by atoms with E-state index in [4.69, 9.17) is 0 Å². The van der Waals surface area contributed by atoms with Crippen LogP contribution >= 0.6 is 0 Å². The van der Waals surface area contributed by atoms with Gasteiger partial charge in [-0.3, -0.25) is 0 Å². The second-order valence-corrected chi connectivity index (χ2v) is 9.50. The fourth-order valence-corrected chi connectivity index (χ4v) is 4.86. The van der Waals surface area contributed by atoms with Crippen LogP contribution in [0.4, 0.5) is 17.1 Å². The minimum Gasteiger partial charge on any atom is -0.310 e. The van der Waals surface area contributed by atoms with Crippen molar-refractivity contribution in [2.45, 2.75) is 0 Å². The summed E-state index contributed by atoms with van der Waals surface area (Å²) < 4.78 is 0. The SMILES string of the molecule is C(=C\c1cccc(N(c2ccc(-c3ccccc3)cc2)c2cccc(-c3ccccc3)c2)c1)/c1ccccc1. The van der Waals surface area contributed by atoms with Gasteiger partial charge in [0.15, 0.2) is 0 Å². The topological polar surface area (TPSA) is 3.24 Å². The average molecular weight is 500 g/mol. The lowest BCUT2D eigenvalue weighted by Gasteiger charge is -2.26. The Hall–Kier alpha value is -5.14. The normalized spacial score (nSPS) is 11.0. The van der Waals surface area contributed by atoms with Crippen LogP contribution < -0.4 is 4.90 Å². The fraction of sp³-hybridized carbons (Fsp3) is 0. The third kappa shape index (κ3) is 5.74. The number of nitrogens with zero attached hydrogens (tertiary/aromatic N) is 1. The highest BCUT2D eigenvalue weighted by atomic mass is 15.1. The molecule has 0 bridgehead atoms. The molecule has 0 unspecified atom stereocenters. The van der Waals surface area contributed by atoms with Crippen molar-refractivity contribution in [2.75, 3.05) is 4.90 Å². The van der Waals surface area contributed by atoms with E-state index in [1.807, 2.05) is 6.07 Å². The van der Waals surface area contributed by atoms with Crippen molar-refractivity contribution >= 4 is 29.2 Å². The monoisotopic (exact) mass is 499 g/mol. The molecule has 6 aromatic rings. The van der Waals surface area contributed by atoms with E-state index in [1.54, 1.807) is 0 Å². The van der Waals surface area contributed by atoms with E-state index in [1.165, 1.54) is 27.8 Å². The summed E-state index contributed by atoms with van der Waals surface area (Å²) in [5.41, 5.74) is 10.5. The first-order valence-corrected chi connectivity index (χ1v) is 13.3. The van der Waals surface area contributed by atoms with Gasteiger partial charge in [-0.05, 0) is 69.8 Å². The van der Waals surface area contributed by atoms with Crippen LogP contribution in [0.15, 0.2) is 164 Å². The van der Waals surface area contributed by atoms with Crippen molar-refractivity contribution in [1.29, 1.82) is 0 Å². The summed E-state index contributed by atoms with van der Waals surface area (Å²) >= 11 is 0. The first-order valence-electron chi connectivity index (χ1n) is 13.3. The van der Waals surface area contributed by atoms with Gasteiger partial charge in [0.05, 0.1) is 0 Å². The standard InChI is InChI=1S/C38H29N/c1-4-12-30(13-5-1)22-23-31-14-10-20-37(28-31)39(36-26-24-34(25-27-36)32-15-6-2-7-16-32)38-21-11-19-35(29-38)33-17-8-3-9-18-33/h1-29H/b23-22+. The minimum absolute atomic E-state index is 1.11. The van der Waals surface area contributed by atoms with Gasteiger partial charge in [0.25, 0.3) is 0 Å². The van der Waals surface area contributed by atoms with Crippen LogP contribution in [0.1, 0.15) is 11.1 Å². The maximum atomic E-state index is 2.33.